The van der Waals surface area contributed by atoms with Crippen molar-refractivity contribution in [3.05, 3.63) is 47.9 Å². The summed E-state index contributed by atoms with van der Waals surface area (Å²) >= 11 is 0. The highest BCUT2D eigenvalue weighted by Crippen LogP contribution is 2.28. The van der Waals surface area contributed by atoms with Crippen molar-refractivity contribution in [3.8, 4) is 16.9 Å². The van der Waals surface area contributed by atoms with E-state index in [-0.39, 0.29) is 5.69 Å². The number of aromatic nitrogens is 4. The molecule has 0 amide bonds. The van der Waals surface area contributed by atoms with Gasteiger partial charge >= 0.3 is 0 Å². The Kier molecular flexibility index (Phi) is 2.97. The van der Waals surface area contributed by atoms with Crippen LogP contribution in [0.1, 0.15) is 5.69 Å². The molecule has 0 aliphatic heterocycles. The lowest BCUT2D eigenvalue weighted by Crippen LogP contribution is -1.99. The quantitative estimate of drug-likeness (QED) is 0.788. The van der Waals surface area contributed by atoms with Gasteiger partial charge in [-0.3, -0.25) is 4.68 Å². The van der Waals surface area contributed by atoms with E-state index in [2.05, 4.69) is 10.2 Å². The molecule has 2 aromatic heterocycles. The smallest absolute Gasteiger partial charge is 0.151 e. The lowest BCUT2D eigenvalue weighted by atomic mass is 10.2. The summed E-state index contributed by atoms with van der Waals surface area (Å²) in [6.07, 6.45) is 3.29. The maximum absolute atomic E-state index is 13.8. The molecule has 0 saturated carbocycles. The minimum Gasteiger partial charge on any atom is -0.396 e. The zero-order chi connectivity index (χ0) is 15.1. The van der Waals surface area contributed by atoms with Gasteiger partial charge in [-0.25, -0.2) is 13.5 Å². The zero-order valence-corrected chi connectivity index (χ0v) is 11.5. The molecule has 108 valence electrons. The number of benzene rings is 1. The van der Waals surface area contributed by atoms with Crippen molar-refractivity contribution in [3.63, 3.8) is 0 Å². The van der Waals surface area contributed by atoms with E-state index in [4.69, 9.17) is 5.73 Å². The maximum atomic E-state index is 13.8. The summed E-state index contributed by atoms with van der Waals surface area (Å²) in [5, 5.41) is 8.52. The van der Waals surface area contributed by atoms with Crippen molar-refractivity contribution in [1.29, 1.82) is 0 Å². The van der Waals surface area contributed by atoms with E-state index in [1.54, 1.807) is 17.9 Å². The van der Waals surface area contributed by atoms with Crippen molar-refractivity contribution < 1.29 is 8.78 Å². The summed E-state index contributed by atoms with van der Waals surface area (Å²) in [7, 11) is 1.79. The van der Waals surface area contributed by atoms with Gasteiger partial charge in [0, 0.05) is 24.9 Å². The third-order valence-electron chi connectivity index (χ3n) is 3.17. The Bertz CT molecular complexity index is 819. The van der Waals surface area contributed by atoms with Crippen LogP contribution >= 0.6 is 0 Å². The van der Waals surface area contributed by atoms with Gasteiger partial charge in [0.2, 0.25) is 0 Å². The van der Waals surface area contributed by atoms with Crippen LogP contribution in [-0.4, -0.2) is 19.6 Å². The lowest BCUT2D eigenvalue weighted by molar-refractivity contribution is 0.574. The van der Waals surface area contributed by atoms with E-state index in [1.807, 2.05) is 6.92 Å². The third-order valence-corrected chi connectivity index (χ3v) is 3.17. The van der Waals surface area contributed by atoms with Gasteiger partial charge < -0.3 is 5.73 Å². The molecule has 3 rings (SSSR count). The van der Waals surface area contributed by atoms with Crippen LogP contribution in [0.5, 0.6) is 0 Å². The van der Waals surface area contributed by atoms with Crippen LogP contribution in [0.2, 0.25) is 0 Å². The van der Waals surface area contributed by atoms with Crippen LogP contribution < -0.4 is 5.73 Å². The van der Waals surface area contributed by atoms with E-state index in [0.29, 0.717) is 11.4 Å². The van der Waals surface area contributed by atoms with Gasteiger partial charge in [-0.15, -0.1) is 0 Å². The predicted octanol–water partition coefficient (Wildman–Crippen LogP) is 2.44. The first kappa shape index (κ1) is 13.3. The highest BCUT2D eigenvalue weighted by molar-refractivity contribution is 5.73. The minimum atomic E-state index is -0.702. The second-order valence-electron chi connectivity index (χ2n) is 4.78. The fraction of sp³-hybridized carbons (Fsp3) is 0.143. The van der Waals surface area contributed by atoms with Crippen molar-refractivity contribution in [2.24, 2.45) is 7.05 Å². The second-order valence-corrected chi connectivity index (χ2v) is 4.78. The molecule has 2 heterocycles. The Morgan fingerprint density at radius 1 is 1.14 bits per heavy atom. The van der Waals surface area contributed by atoms with Gasteiger partial charge in [0.25, 0.3) is 0 Å². The van der Waals surface area contributed by atoms with Crippen LogP contribution in [0.15, 0.2) is 30.6 Å². The molecule has 0 atom stereocenters. The number of hydrogen-bond acceptors (Lipinski definition) is 3. The SMILES string of the molecule is Cc1nn(C)cc1-c1nn(-c2ccc(F)cc2F)cc1N. The first-order valence-corrected chi connectivity index (χ1v) is 6.27. The minimum absolute atomic E-state index is 0.135. The van der Waals surface area contributed by atoms with Crippen molar-refractivity contribution in [1.82, 2.24) is 19.6 Å². The molecule has 0 radical (unpaired) electrons. The van der Waals surface area contributed by atoms with Crippen molar-refractivity contribution in [2.45, 2.75) is 6.92 Å². The first-order valence-electron chi connectivity index (χ1n) is 6.27. The Morgan fingerprint density at radius 3 is 2.52 bits per heavy atom. The third kappa shape index (κ3) is 2.26. The van der Waals surface area contributed by atoms with E-state index < -0.39 is 11.6 Å². The largest absolute Gasteiger partial charge is 0.396 e. The number of anilines is 1. The maximum Gasteiger partial charge on any atom is 0.151 e. The molecule has 0 saturated heterocycles. The molecule has 0 unspecified atom stereocenters. The van der Waals surface area contributed by atoms with Gasteiger partial charge in [-0.1, -0.05) is 0 Å². The molecule has 0 spiro atoms. The Morgan fingerprint density at radius 2 is 1.90 bits per heavy atom. The summed E-state index contributed by atoms with van der Waals surface area (Å²) < 4.78 is 29.7. The molecular weight excluding hydrogens is 276 g/mol. The standard InChI is InChI=1S/C14H13F2N5/c1-8-10(6-20(2)18-8)14-12(17)7-21(19-14)13-4-3-9(15)5-11(13)16/h3-7H,17H2,1-2H3. The zero-order valence-electron chi connectivity index (χ0n) is 11.5. The van der Waals surface area contributed by atoms with E-state index in [1.165, 1.54) is 23.0 Å². The highest BCUT2D eigenvalue weighted by atomic mass is 19.1. The van der Waals surface area contributed by atoms with Gasteiger partial charge in [0.1, 0.15) is 17.2 Å². The Labute approximate surface area is 119 Å². The van der Waals surface area contributed by atoms with E-state index in [0.717, 1.165) is 17.3 Å². The highest BCUT2D eigenvalue weighted by Gasteiger charge is 2.16. The predicted molar refractivity (Wildman–Crippen MR) is 74.8 cm³/mol. The topological polar surface area (TPSA) is 61.7 Å². The fourth-order valence-electron chi connectivity index (χ4n) is 2.22. The summed E-state index contributed by atoms with van der Waals surface area (Å²) in [5.74, 6) is -1.34. The van der Waals surface area contributed by atoms with Crippen LogP contribution in [0.25, 0.3) is 16.9 Å². The van der Waals surface area contributed by atoms with Crippen LogP contribution in [0, 0.1) is 18.6 Å². The molecular formula is C14H13F2N5. The van der Waals surface area contributed by atoms with Gasteiger partial charge in [0.05, 0.1) is 17.6 Å². The van der Waals surface area contributed by atoms with E-state index in [9.17, 15) is 8.78 Å². The fourth-order valence-corrected chi connectivity index (χ4v) is 2.22. The average Bonchev–Trinajstić information content (AvgIpc) is 2.92. The molecule has 21 heavy (non-hydrogen) atoms. The number of nitrogen functional groups attached to an aromatic ring is 1. The van der Waals surface area contributed by atoms with Crippen LogP contribution in [0.4, 0.5) is 14.5 Å². The van der Waals surface area contributed by atoms with Gasteiger partial charge in [-0.05, 0) is 19.1 Å². The Hall–Kier alpha value is -2.70. The molecule has 2 N–H and O–H groups in total. The monoisotopic (exact) mass is 289 g/mol. The number of halogens is 2. The lowest BCUT2D eigenvalue weighted by Gasteiger charge is -2.02. The molecule has 7 heteroatoms. The second kappa shape index (κ2) is 4.69. The van der Waals surface area contributed by atoms with Crippen LogP contribution in [-0.2, 0) is 7.05 Å². The molecule has 0 aliphatic rings. The molecule has 5 nitrogen and oxygen atoms in total. The number of hydrogen-bond donors (Lipinski definition) is 1. The normalized spacial score (nSPS) is 11.0. The van der Waals surface area contributed by atoms with Crippen LogP contribution in [0.3, 0.4) is 0 Å². The number of nitrogens with two attached hydrogens (primary N) is 1. The number of rotatable bonds is 2. The van der Waals surface area contributed by atoms with Crippen molar-refractivity contribution >= 4 is 5.69 Å². The number of aryl methyl sites for hydroxylation is 2. The molecule has 0 fully saturated rings. The summed E-state index contributed by atoms with van der Waals surface area (Å²) in [4.78, 5) is 0. The molecule has 0 aliphatic carbocycles. The summed E-state index contributed by atoms with van der Waals surface area (Å²) in [6.45, 7) is 1.84. The van der Waals surface area contributed by atoms with Gasteiger partial charge in [-0.2, -0.15) is 10.2 Å². The Balaban J connectivity index is 2.11. The van der Waals surface area contributed by atoms with Crippen molar-refractivity contribution in [2.75, 3.05) is 5.73 Å². The number of nitrogens with zero attached hydrogens (tertiary/aromatic N) is 4. The molecule has 1 aromatic carbocycles. The van der Waals surface area contributed by atoms with E-state index >= 15 is 0 Å². The molecule has 3 aromatic rings. The van der Waals surface area contributed by atoms with Gasteiger partial charge in [0.15, 0.2) is 5.82 Å². The molecule has 0 bridgehead atoms. The first-order chi connectivity index (χ1) is 9.95. The summed E-state index contributed by atoms with van der Waals surface area (Å²) in [5.41, 5.74) is 8.55. The average molecular weight is 289 g/mol. The summed E-state index contributed by atoms with van der Waals surface area (Å²) in [6, 6.07) is 3.30.